The number of nitrogens with one attached hydrogen (secondary N) is 2. The molecule has 0 saturated carbocycles. The van der Waals surface area contributed by atoms with Crippen molar-refractivity contribution >= 4 is 236 Å². The Balaban J connectivity index is 0.000000314. The quantitative estimate of drug-likeness (QED) is 0.0160. The highest BCUT2D eigenvalue weighted by Gasteiger charge is 2.15. The molecular formula is C33H38Cl11N29S6. The Bertz CT molecular complexity index is 2870. The molecule has 0 spiro atoms. The molecular weight excluding hydrogens is 1380 g/mol. The molecule has 0 amide bonds. The van der Waals surface area contributed by atoms with Crippen LogP contribution in [0.5, 0.6) is 0 Å². The zero-order valence-corrected chi connectivity index (χ0v) is 52.4. The van der Waals surface area contributed by atoms with Gasteiger partial charge < -0.3 is 44.2 Å². The topological polar surface area (TPSA) is 428 Å². The predicted octanol–water partition coefficient (Wildman–Crippen LogP) is 6.44. The number of nitrogens with zero attached hydrogens (tertiary/aromatic N) is 22. The third kappa shape index (κ3) is 32.5. The number of hydrogen-bond acceptors (Lipinski definition) is 35. The van der Waals surface area contributed by atoms with Crippen molar-refractivity contribution in [3.05, 3.63) is 58.1 Å². The van der Waals surface area contributed by atoms with Gasteiger partial charge in [0, 0.05) is 73.8 Å². The molecule has 46 heteroatoms. The Hall–Kier alpha value is -2.92. The monoisotopic (exact) mass is 1420 g/mol. The maximum Gasteiger partial charge on any atom is 0.231 e. The van der Waals surface area contributed by atoms with Gasteiger partial charge in [-0.2, -0.15) is 130 Å². The molecule has 0 fully saturated rings. The van der Waals surface area contributed by atoms with Gasteiger partial charge in [0.1, 0.15) is 0 Å². The molecule has 0 aliphatic heterocycles. The molecule has 7 heterocycles. The Morgan fingerprint density at radius 3 is 0.861 bits per heavy atom. The van der Waals surface area contributed by atoms with Gasteiger partial charge in [-0.3, -0.25) is 0 Å². The minimum absolute atomic E-state index is 0.000000000000000444. The van der Waals surface area contributed by atoms with E-state index in [1.165, 1.54) is 47.0 Å². The molecule has 0 aromatic carbocycles. The number of nitrogen functional groups attached to an aromatic ring is 5. The Kier molecular flexibility index (Phi) is 31.1. The summed E-state index contributed by atoms with van der Waals surface area (Å²) in [6, 6.07) is 0. The smallest absolute Gasteiger partial charge is 0.231 e. The summed E-state index contributed by atoms with van der Waals surface area (Å²) in [5.41, 5.74) is 10.3. The fraction of sp³-hybridized carbons (Fsp3) is 0.364. The minimum atomic E-state index is -0.0406. The third-order valence-corrected chi connectivity index (χ3v) is 12.8. The van der Waals surface area contributed by atoms with E-state index in [-0.39, 0.29) is 93.8 Å². The molecule has 0 bridgehead atoms. The fourth-order valence-electron chi connectivity index (χ4n) is 4.32. The lowest BCUT2D eigenvalue weighted by molar-refractivity contribution is 0.771. The van der Waals surface area contributed by atoms with Gasteiger partial charge in [0.2, 0.25) is 93.8 Å². The number of anilines is 6. The first-order valence-electron chi connectivity index (χ1n) is 23.1. The van der Waals surface area contributed by atoms with Crippen LogP contribution >= 0.6 is 200 Å². The van der Waals surface area contributed by atoms with E-state index in [1.54, 1.807) is 0 Å². The number of thioether (sulfide) groups is 4. The van der Waals surface area contributed by atoms with Gasteiger partial charge in [0.25, 0.3) is 0 Å². The van der Waals surface area contributed by atoms with E-state index in [4.69, 9.17) is 135 Å². The van der Waals surface area contributed by atoms with Crippen molar-refractivity contribution in [3.8, 4) is 0 Å². The van der Waals surface area contributed by atoms with Gasteiger partial charge in [-0.15, -0.1) is 0 Å². The zero-order valence-electron chi connectivity index (χ0n) is 44.0. The number of thiol groups is 2. The first-order valence-corrected chi connectivity index (χ1v) is 30.0. The van der Waals surface area contributed by atoms with Crippen LogP contribution in [0, 0.1) is 0 Å². The molecule has 79 heavy (non-hydrogen) atoms. The lowest BCUT2D eigenvalue weighted by atomic mass is 10.5. The molecule has 7 aromatic heterocycles. The Morgan fingerprint density at radius 2 is 0.570 bits per heavy atom. The molecule has 7 rings (SSSR count). The van der Waals surface area contributed by atoms with Crippen molar-refractivity contribution in [2.75, 3.05) is 107 Å². The van der Waals surface area contributed by atoms with Crippen molar-refractivity contribution < 1.29 is 7.06 Å². The molecule has 12 N–H and O–H groups in total. The summed E-state index contributed by atoms with van der Waals surface area (Å²) >= 11 is 75.2. The highest BCUT2D eigenvalue weighted by molar-refractivity contribution is 7.99. The zero-order chi connectivity index (χ0) is 61.8. The summed E-state index contributed by atoms with van der Waals surface area (Å²) in [6.07, 6.45) is 0. The maximum atomic E-state index is 7.16. The van der Waals surface area contributed by atoms with Gasteiger partial charge in [-0.25, -0.2) is 0 Å². The molecule has 0 unspecified atom stereocenters. The molecule has 0 saturated heterocycles. The second-order valence-electron chi connectivity index (χ2n) is 12.7. The molecule has 29 nitrogen and oxygen atoms in total. The van der Waals surface area contributed by atoms with Crippen LogP contribution < -0.4 is 44.2 Å². The fourth-order valence-corrected chi connectivity index (χ4v) is 9.86. The van der Waals surface area contributed by atoms with Crippen molar-refractivity contribution in [2.45, 2.75) is 20.6 Å². The molecule has 7 aromatic rings. The van der Waals surface area contributed by atoms with Crippen LogP contribution in [0.3, 0.4) is 0 Å². The number of hydrogen-bond donors (Lipinski definition) is 9. The van der Waals surface area contributed by atoms with E-state index >= 15 is 0 Å². The summed E-state index contributed by atoms with van der Waals surface area (Å²) in [6.45, 7) is 4.34. The predicted molar refractivity (Wildman–Crippen MR) is 325 cm³/mol. The lowest BCUT2D eigenvalue weighted by Gasteiger charge is -2.22. The molecule has 0 aliphatic rings. The second-order valence-corrected chi connectivity index (χ2v) is 21.5. The second kappa shape index (κ2) is 39.5. The van der Waals surface area contributed by atoms with Gasteiger partial charge in [-0.1, -0.05) is 47.0 Å². The van der Waals surface area contributed by atoms with Crippen molar-refractivity contribution in [1.82, 2.24) is 115 Å². The summed E-state index contributed by atoms with van der Waals surface area (Å²) in [4.78, 5) is 82.0. The third-order valence-electron chi connectivity index (χ3n) is 7.12. The minimum Gasteiger partial charge on any atom is -0.368 e. The van der Waals surface area contributed by atoms with Crippen LogP contribution in [0.15, 0.2) is 20.6 Å². The van der Waals surface area contributed by atoms with E-state index in [9.17, 15) is 0 Å². The summed E-state index contributed by atoms with van der Waals surface area (Å²) in [5.74, 6) is 4.92. The maximum absolute atomic E-state index is 7.16. The average Bonchev–Trinajstić information content (AvgIpc) is 3.47. The summed E-state index contributed by atoms with van der Waals surface area (Å²) in [5, 5.41) is 7.91. The highest BCUT2D eigenvalue weighted by Crippen LogP contribution is 2.22. The van der Waals surface area contributed by atoms with Crippen LogP contribution in [-0.4, -0.2) is 178 Å². The average molecular weight is 1430 g/mol. The van der Waals surface area contributed by atoms with E-state index in [0.717, 1.165) is 49.2 Å². The van der Waals surface area contributed by atoms with Crippen LogP contribution in [0.25, 0.3) is 0 Å². The lowest BCUT2D eigenvalue weighted by Crippen LogP contribution is -2.30. The first kappa shape index (κ1) is 62.1. The summed E-state index contributed by atoms with van der Waals surface area (Å²) < 4.78 is 35.0. The Morgan fingerprint density at radius 1 is 0.329 bits per heavy atom. The number of nitrogens with two attached hydrogens (primary N) is 5. The van der Waals surface area contributed by atoms with Gasteiger partial charge in [0.05, 0.1) is 0 Å². The SMILES string of the molecule is Clc1nc(Cl)nc(Cl)n1.SCCNCCS.[2H]Nc1nc(Cl)nc(Cl)n1.[2H]Nc1nc(Cl)nc(SCCN(CCSc2nc(Cl)nc(N[2H])n2)c2nc(Cl)nc(Cl)n2)n1.[2H]Nc1nc(Cl)nc(SCCNCCSc2nc(Cl)nc(N[2H])n2)n1. The number of aromatic nitrogens is 21. The molecule has 428 valence electrons. The summed E-state index contributed by atoms with van der Waals surface area (Å²) in [7, 11) is 0. The van der Waals surface area contributed by atoms with Gasteiger partial charge in [0.15, 0.2) is 27.7 Å². The van der Waals surface area contributed by atoms with E-state index in [0.29, 0.717) is 45.2 Å². The number of halogens is 11. The van der Waals surface area contributed by atoms with E-state index < -0.39 is 0 Å². The van der Waals surface area contributed by atoms with Crippen LogP contribution in [0.2, 0.25) is 65.2 Å². The van der Waals surface area contributed by atoms with Crippen LogP contribution in [0.4, 0.5) is 35.7 Å². The van der Waals surface area contributed by atoms with Crippen molar-refractivity contribution in [2.24, 2.45) is 0 Å². The van der Waals surface area contributed by atoms with Crippen molar-refractivity contribution in [1.29, 1.82) is 0 Å². The standard InChI is InChI=1S/C13H12Cl4N12S2.C10H13Cl2N9S2.C4H11NS2.C3Cl3N3.C3H2Cl2N4/c14-5-20-6(15)24-11(23-5)29(1-3-30-12-25-7(16)21-9(18)27-12)2-4-31-13-26-8(17)22-10(19)28-13;11-5-16-7(13)20-9(18-5)22-3-1-15-2-4-23-10-19-6(12)17-8(14)21-10;6-3-1-5-2-4-7;2*4-1-7-2(5)9-3(6)8-1/h1-4H2,(H2,18,21,25,27)(H2,19,22,26,28);15H,1-4H2,(H2,13,16,18,20)(H2,14,17,19,21);5-7H,1-4H2;;(H2,6,7,8,9)/i/hD5. The molecule has 0 radical (unpaired) electrons. The van der Waals surface area contributed by atoms with E-state index in [2.05, 4.69) is 163 Å². The van der Waals surface area contributed by atoms with Gasteiger partial charge >= 0.3 is 0 Å². The van der Waals surface area contributed by atoms with E-state index in [1.807, 2.05) is 10.6 Å². The first-order chi connectivity index (χ1) is 40.3. The normalized spacial score (nSPS) is 11.1. The van der Waals surface area contributed by atoms with Crippen molar-refractivity contribution in [3.63, 3.8) is 0 Å². The van der Waals surface area contributed by atoms with Crippen LogP contribution in [-0.2, 0) is 0 Å². The molecule has 0 atom stereocenters. The largest absolute Gasteiger partial charge is 0.368 e. The molecule has 0 aliphatic carbocycles. The highest BCUT2D eigenvalue weighted by atomic mass is 35.5. The van der Waals surface area contributed by atoms with Gasteiger partial charge in [-0.05, 0) is 128 Å². The van der Waals surface area contributed by atoms with Crippen LogP contribution in [0.1, 0.15) is 0 Å². The Labute approximate surface area is 539 Å². The number of rotatable bonds is 26.